The zero-order valence-electron chi connectivity index (χ0n) is 12.6. The first-order valence-corrected chi connectivity index (χ1v) is 7.30. The molecule has 1 aromatic rings. The second kappa shape index (κ2) is 5.59. The van der Waals surface area contributed by atoms with Crippen molar-refractivity contribution in [1.29, 1.82) is 0 Å². The summed E-state index contributed by atoms with van der Waals surface area (Å²) >= 11 is 1.54. The summed E-state index contributed by atoms with van der Waals surface area (Å²) in [6, 6.07) is -0.654. The summed E-state index contributed by atoms with van der Waals surface area (Å²) in [5, 5.41) is 2.90. The van der Waals surface area contributed by atoms with Gasteiger partial charge in [-0.1, -0.05) is 20.8 Å². The number of hydrogen-bond acceptors (Lipinski definition) is 5. The fourth-order valence-electron chi connectivity index (χ4n) is 1.40. The highest BCUT2D eigenvalue weighted by atomic mass is 32.1. The van der Waals surface area contributed by atoms with Gasteiger partial charge in [-0.05, 0) is 20.8 Å². The third kappa shape index (κ3) is 5.28. The first-order chi connectivity index (χ1) is 8.49. The van der Waals surface area contributed by atoms with E-state index in [-0.39, 0.29) is 11.4 Å². The lowest BCUT2D eigenvalue weighted by Gasteiger charge is -2.21. The van der Waals surface area contributed by atoms with Crippen molar-refractivity contribution in [3.8, 4) is 0 Å². The first kappa shape index (κ1) is 16.1. The fraction of sp³-hybridized carbons (Fsp3) is 0.714. The quantitative estimate of drug-likeness (QED) is 0.867. The van der Waals surface area contributed by atoms with Gasteiger partial charge in [-0.2, -0.15) is 0 Å². The molecule has 0 bridgehead atoms. The molecule has 1 rings (SSSR count). The number of ether oxygens (including phenoxy) is 1. The lowest BCUT2D eigenvalue weighted by atomic mass is 9.93. The van der Waals surface area contributed by atoms with E-state index in [0.29, 0.717) is 6.42 Å². The number of carbonyl (C=O) groups excluding carboxylic acids is 1. The molecule has 0 aromatic carbocycles. The maximum atomic E-state index is 11.8. The molecule has 0 spiro atoms. The van der Waals surface area contributed by atoms with Crippen LogP contribution in [0.5, 0.6) is 0 Å². The van der Waals surface area contributed by atoms with E-state index in [0.717, 1.165) is 10.7 Å². The molecule has 1 heterocycles. The minimum atomic E-state index is -0.654. The Kier molecular flexibility index (Phi) is 4.74. The van der Waals surface area contributed by atoms with Gasteiger partial charge in [-0.3, -0.25) is 4.79 Å². The molecule has 0 aliphatic carbocycles. The third-order valence-corrected chi connectivity index (χ3v) is 3.30. The molecule has 4 nitrogen and oxygen atoms in total. The summed E-state index contributed by atoms with van der Waals surface area (Å²) in [5.74, 6) is -0.375. The minimum Gasteiger partial charge on any atom is -0.459 e. The van der Waals surface area contributed by atoms with Crippen molar-refractivity contribution >= 4 is 17.3 Å². The Morgan fingerprint density at radius 2 is 1.95 bits per heavy atom. The largest absolute Gasteiger partial charge is 0.459 e. The number of carbonyl (C=O) groups is 1. The number of nitrogens with two attached hydrogens (primary N) is 1. The SMILES string of the molecule is CC(C)(C)OC(=O)C(N)Cc1nc(C(C)(C)C)cs1. The number of rotatable bonds is 3. The normalized spacial score (nSPS) is 14.3. The zero-order valence-corrected chi connectivity index (χ0v) is 13.4. The van der Waals surface area contributed by atoms with Gasteiger partial charge in [0.2, 0.25) is 0 Å². The summed E-state index contributed by atoms with van der Waals surface area (Å²) in [6.45, 7) is 11.8. The Morgan fingerprint density at radius 3 is 2.37 bits per heavy atom. The van der Waals surface area contributed by atoms with Crippen LogP contribution in [0.1, 0.15) is 52.2 Å². The fourth-order valence-corrected chi connectivity index (χ4v) is 2.48. The Labute approximate surface area is 119 Å². The van der Waals surface area contributed by atoms with E-state index in [2.05, 4.69) is 25.8 Å². The summed E-state index contributed by atoms with van der Waals surface area (Å²) < 4.78 is 5.26. The van der Waals surface area contributed by atoms with Crippen LogP contribution in [0.2, 0.25) is 0 Å². The monoisotopic (exact) mass is 284 g/mol. The number of esters is 1. The van der Waals surface area contributed by atoms with Crippen molar-refractivity contribution in [1.82, 2.24) is 4.98 Å². The van der Waals surface area contributed by atoms with Gasteiger partial charge in [-0.25, -0.2) is 4.98 Å². The maximum absolute atomic E-state index is 11.8. The summed E-state index contributed by atoms with van der Waals surface area (Å²) in [6.07, 6.45) is 0.426. The van der Waals surface area contributed by atoms with E-state index >= 15 is 0 Å². The smallest absolute Gasteiger partial charge is 0.323 e. The zero-order chi connectivity index (χ0) is 14.8. The molecule has 0 fully saturated rings. The average Bonchev–Trinajstić information content (AvgIpc) is 2.62. The van der Waals surface area contributed by atoms with Crippen molar-refractivity contribution in [2.24, 2.45) is 5.73 Å². The van der Waals surface area contributed by atoms with Crippen LogP contribution in [0, 0.1) is 0 Å². The molecule has 0 aliphatic heterocycles. The number of thiazole rings is 1. The topological polar surface area (TPSA) is 65.2 Å². The van der Waals surface area contributed by atoms with Gasteiger partial charge >= 0.3 is 5.97 Å². The highest BCUT2D eigenvalue weighted by Gasteiger charge is 2.24. The van der Waals surface area contributed by atoms with Crippen molar-refractivity contribution in [2.45, 2.75) is 65.0 Å². The molecule has 0 saturated carbocycles. The Morgan fingerprint density at radius 1 is 1.37 bits per heavy atom. The van der Waals surface area contributed by atoms with Crippen LogP contribution in [-0.2, 0) is 21.4 Å². The molecular formula is C14H24N2O2S. The van der Waals surface area contributed by atoms with E-state index in [4.69, 9.17) is 10.5 Å². The first-order valence-electron chi connectivity index (χ1n) is 6.42. The molecule has 0 aliphatic rings. The number of hydrogen-bond donors (Lipinski definition) is 1. The second-order valence-corrected chi connectivity index (χ2v) is 7.66. The molecule has 108 valence electrons. The lowest BCUT2D eigenvalue weighted by molar-refractivity contribution is -0.156. The molecule has 0 amide bonds. The van der Waals surface area contributed by atoms with E-state index in [1.807, 2.05) is 26.2 Å². The predicted octanol–water partition coefficient (Wildman–Crippen LogP) is 2.65. The van der Waals surface area contributed by atoms with E-state index in [1.165, 1.54) is 0 Å². The van der Waals surface area contributed by atoms with Gasteiger partial charge in [-0.15, -0.1) is 11.3 Å². The molecular weight excluding hydrogens is 260 g/mol. The van der Waals surface area contributed by atoms with Crippen molar-refractivity contribution in [3.05, 3.63) is 16.1 Å². The van der Waals surface area contributed by atoms with E-state index in [1.54, 1.807) is 11.3 Å². The van der Waals surface area contributed by atoms with Gasteiger partial charge < -0.3 is 10.5 Å². The minimum absolute atomic E-state index is 0.0186. The van der Waals surface area contributed by atoms with Crippen molar-refractivity contribution < 1.29 is 9.53 Å². The number of nitrogens with zero attached hydrogens (tertiary/aromatic N) is 1. The molecule has 5 heteroatoms. The molecule has 0 saturated heterocycles. The van der Waals surface area contributed by atoms with Gasteiger partial charge in [0.25, 0.3) is 0 Å². The molecule has 1 unspecified atom stereocenters. The highest BCUT2D eigenvalue weighted by molar-refractivity contribution is 7.09. The van der Waals surface area contributed by atoms with Crippen LogP contribution in [0.3, 0.4) is 0 Å². The summed E-state index contributed by atoms with van der Waals surface area (Å²) in [5.41, 5.74) is 6.41. The van der Waals surface area contributed by atoms with E-state index in [9.17, 15) is 4.79 Å². The van der Waals surface area contributed by atoms with Crippen LogP contribution >= 0.6 is 11.3 Å². The van der Waals surface area contributed by atoms with Gasteiger partial charge in [0.15, 0.2) is 0 Å². The highest BCUT2D eigenvalue weighted by Crippen LogP contribution is 2.24. The lowest BCUT2D eigenvalue weighted by Crippen LogP contribution is -2.38. The molecule has 2 N–H and O–H groups in total. The molecule has 19 heavy (non-hydrogen) atoms. The van der Waals surface area contributed by atoms with Crippen LogP contribution in [0.15, 0.2) is 5.38 Å². The number of aromatic nitrogens is 1. The van der Waals surface area contributed by atoms with Gasteiger partial charge in [0, 0.05) is 17.2 Å². The Bertz CT molecular complexity index is 441. The van der Waals surface area contributed by atoms with Crippen molar-refractivity contribution in [2.75, 3.05) is 0 Å². The predicted molar refractivity (Wildman–Crippen MR) is 78.3 cm³/mol. The Hall–Kier alpha value is -0.940. The second-order valence-electron chi connectivity index (χ2n) is 6.72. The van der Waals surface area contributed by atoms with E-state index < -0.39 is 11.6 Å². The van der Waals surface area contributed by atoms with Crippen LogP contribution in [-0.4, -0.2) is 22.6 Å². The Balaban J connectivity index is 2.65. The van der Waals surface area contributed by atoms with Gasteiger partial charge in [0.05, 0.1) is 10.7 Å². The third-order valence-electron chi connectivity index (χ3n) is 2.42. The molecule has 1 atom stereocenters. The van der Waals surface area contributed by atoms with Crippen molar-refractivity contribution in [3.63, 3.8) is 0 Å². The summed E-state index contributed by atoms with van der Waals surface area (Å²) in [4.78, 5) is 16.3. The molecule has 0 radical (unpaired) electrons. The van der Waals surface area contributed by atoms with Gasteiger partial charge in [0.1, 0.15) is 11.6 Å². The van der Waals surface area contributed by atoms with Crippen LogP contribution < -0.4 is 5.73 Å². The molecule has 1 aromatic heterocycles. The van der Waals surface area contributed by atoms with Crippen LogP contribution in [0.4, 0.5) is 0 Å². The average molecular weight is 284 g/mol. The summed E-state index contributed by atoms with van der Waals surface area (Å²) in [7, 11) is 0. The maximum Gasteiger partial charge on any atom is 0.323 e. The van der Waals surface area contributed by atoms with Crippen LogP contribution in [0.25, 0.3) is 0 Å². The standard InChI is InChI=1S/C14H24N2O2S/c1-13(2,3)10-8-19-11(16-10)7-9(15)12(17)18-14(4,5)6/h8-9H,7,15H2,1-6H3.